The number of rotatable bonds is 6. The Labute approximate surface area is 149 Å². The van der Waals surface area contributed by atoms with E-state index < -0.39 is 11.7 Å². The molecule has 26 heavy (non-hydrogen) atoms. The maximum atomic E-state index is 12.9. The minimum Gasteiger partial charge on any atom is -0.493 e. The number of nitrogens with zero attached hydrogens (tertiary/aromatic N) is 3. The molecule has 0 aliphatic rings. The number of fused-ring (bicyclic) bond motifs is 1. The van der Waals surface area contributed by atoms with Crippen LogP contribution in [0.3, 0.4) is 0 Å². The molecule has 2 aromatic carbocycles. The average Bonchev–Trinajstić information content (AvgIpc) is 2.92. The number of carbonyl (C=O) groups excluding carboxylic acids is 1. The van der Waals surface area contributed by atoms with Gasteiger partial charge in [-0.25, -0.2) is 4.39 Å². The fourth-order valence-electron chi connectivity index (χ4n) is 2.64. The second-order valence-electron chi connectivity index (χ2n) is 5.55. The molecule has 0 saturated heterocycles. The van der Waals surface area contributed by atoms with Crippen molar-refractivity contribution in [2.24, 2.45) is 10.2 Å². The Morgan fingerprint density at radius 2 is 1.92 bits per heavy atom. The minimum atomic E-state index is -0.615. The monoisotopic (exact) mass is 355 g/mol. The van der Waals surface area contributed by atoms with E-state index in [9.17, 15) is 14.3 Å². The summed E-state index contributed by atoms with van der Waals surface area (Å²) < 4.78 is 20.0. The summed E-state index contributed by atoms with van der Waals surface area (Å²) in [6, 6.07) is 12.3. The molecule has 0 spiro atoms. The molecular formula is C19H18FN3O3. The van der Waals surface area contributed by atoms with Crippen molar-refractivity contribution in [1.82, 2.24) is 4.57 Å². The molecule has 0 atom stereocenters. The fraction of sp³-hybridized carbons (Fsp3) is 0.211. The molecule has 0 saturated carbocycles. The Hall–Kier alpha value is -3.06. The largest absolute Gasteiger partial charge is 0.493 e. The van der Waals surface area contributed by atoms with Gasteiger partial charge in [-0.1, -0.05) is 18.2 Å². The van der Waals surface area contributed by atoms with Crippen LogP contribution in [-0.4, -0.2) is 28.8 Å². The third-order valence-corrected chi connectivity index (χ3v) is 3.91. The van der Waals surface area contributed by atoms with Crippen molar-refractivity contribution < 1.29 is 19.0 Å². The number of aromatic hydroxyl groups is 1. The predicted octanol–water partition coefficient (Wildman–Crippen LogP) is 4.45. The quantitative estimate of drug-likeness (QED) is 0.524. The van der Waals surface area contributed by atoms with Crippen LogP contribution in [0.15, 0.2) is 58.8 Å². The average molecular weight is 355 g/mol. The molecule has 0 fully saturated rings. The molecule has 3 aromatic rings. The zero-order valence-corrected chi connectivity index (χ0v) is 14.2. The van der Waals surface area contributed by atoms with Gasteiger partial charge >= 0.3 is 0 Å². The number of benzene rings is 2. The molecule has 0 unspecified atom stereocenters. The van der Waals surface area contributed by atoms with E-state index in [4.69, 9.17) is 4.74 Å². The van der Waals surface area contributed by atoms with Crippen molar-refractivity contribution in [3.63, 3.8) is 0 Å². The number of hydrogen-bond acceptors (Lipinski definition) is 4. The lowest BCUT2D eigenvalue weighted by Crippen LogP contribution is -2.05. The van der Waals surface area contributed by atoms with E-state index in [-0.39, 0.29) is 17.1 Å². The topological polar surface area (TPSA) is 76.2 Å². The second kappa shape index (κ2) is 7.88. The Bertz CT molecular complexity index is 949. The first kappa shape index (κ1) is 17.8. The first-order valence-electron chi connectivity index (χ1n) is 8.21. The number of halogens is 1. The molecule has 0 radical (unpaired) electrons. The van der Waals surface area contributed by atoms with E-state index in [1.54, 1.807) is 10.6 Å². The highest BCUT2D eigenvalue weighted by molar-refractivity contribution is 5.97. The van der Waals surface area contributed by atoms with Crippen LogP contribution in [-0.2, 0) is 11.3 Å². The molecule has 7 heteroatoms. The number of azo groups is 1. The maximum Gasteiger partial charge on any atom is 0.295 e. The van der Waals surface area contributed by atoms with Gasteiger partial charge in [0.2, 0.25) is 5.88 Å². The highest BCUT2D eigenvalue weighted by atomic mass is 19.1. The number of carbonyl (C=O) groups is 1. The summed E-state index contributed by atoms with van der Waals surface area (Å²) in [4.78, 5) is 12.1. The summed E-state index contributed by atoms with van der Waals surface area (Å²) in [6.45, 7) is 3.36. The van der Waals surface area contributed by atoms with Crippen LogP contribution in [0.1, 0.15) is 17.3 Å². The van der Waals surface area contributed by atoms with Crippen molar-refractivity contribution in [2.75, 3.05) is 13.2 Å². The van der Waals surface area contributed by atoms with Gasteiger partial charge in [-0.05, 0) is 37.3 Å². The first-order chi connectivity index (χ1) is 12.6. The normalized spacial score (nSPS) is 11.5. The Morgan fingerprint density at radius 1 is 1.19 bits per heavy atom. The third kappa shape index (κ3) is 3.62. The summed E-state index contributed by atoms with van der Waals surface area (Å²) in [5.41, 5.74) is 1.20. The lowest BCUT2D eigenvalue weighted by molar-refractivity contribution is 0.0995. The minimum absolute atomic E-state index is 0.0819. The van der Waals surface area contributed by atoms with E-state index in [2.05, 4.69) is 10.2 Å². The SMILES string of the molecule is CCOCCn1c(O)c(N=NC(=O)c2ccc(F)cc2)c2ccccc21. The molecule has 1 heterocycles. The van der Waals surface area contributed by atoms with Gasteiger partial charge in [0.15, 0.2) is 5.69 Å². The van der Waals surface area contributed by atoms with Gasteiger partial charge < -0.3 is 14.4 Å². The van der Waals surface area contributed by atoms with Crippen molar-refractivity contribution >= 4 is 22.5 Å². The van der Waals surface area contributed by atoms with Gasteiger partial charge in [0.25, 0.3) is 5.91 Å². The number of ether oxygens (including phenoxy) is 1. The van der Waals surface area contributed by atoms with Crippen LogP contribution >= 0.6 is 0 Å². The maximum absolute atomic E-state index is 12.9. The fourth-order valence-corrected chi connectivity index (χ4v) is 2.64. The van der Waals surface area contributed by atoms with Gasteiger partial charge in [-0.2, -0.15) is 0 Å². The molecule has 0 aliphatic heterocycles. The molecule has 1 N–H and O–H groups in total. The van der Waals surface area contributed by atoms with E-state index in [1.165, 1.54) is 24.3 Å². The van der Waals surface area contributed by atoms with E-state index in [0.29, 0.717) is 25.1 Å². The zero-order chi connectivity index (χ0) is 18.5. The van der Waals surface area contributed by atoms with Crippen LogP contribution in [0.25, 0.3) is 10.9 Å². The molecule has 0 aliphatic carbocycles. The summed E-state index contributed by atoms with van der Waals surface area (Å²) in [7, 11) is 0. The number of amides is 1. The molecule has 0 bridgehead atoms. The van der Waals surface area contributed by atoms with E-state index >= 15 is 0 Å². The van der Waals surface area contributed by atoms with Crippen molar-refractivity contribution in [2.45, 2.75) is 13.5 Å². The summed E-state index contributed by atoms with van der Waals surface area (Å²) >= 11 is 0. The number of para-hydroxylation sites is 1. The first-order valence-corrected chi connectivity index (χ1v) is 8.21. The predicted molar refractivity (Wildman–Crippen MR) is 95.3 cm³/mol. The molecular weight excluding hydrogens is 337 g/mol. The number of aromatic nitrogens is 1. The zero-order valence-electron chi connectivity index (χ0n) is 14.2. The van der Waals surface area contributed by atoms with Gasteiger partial charge in [-0.3, -0.25) is 4.79 Å². The second-order valence-corrected chi connectivity index (χ2v) is 5.55. The molecule has 3 rings (SSSR count). The summed E-state index contributed by atoms with van der Waals surface area (Å²) in [5.74, 6) is -1.13. The molecule has 1 aromatic heterocycles. The van der Waals surface area contributed by atoms with Crippen molar-refractivity contribution in [3.05, 3.63) is 59.9 Å². The van der Waals surface area contributed by atoms with Crippen molar-refractivity contribution in [3.8, 4) is 5.88 Å². The smallest absolute Gasteiger partial charge is 0.295 e. The standard InChI is InChI=1S/C19H18FN3O3/c1-2-26-12-11-23-16-6-4-3-5-15(16)17(19(23)25)21-22-18(24)13-7-9-14(20)10-8-13/h3-10,25H,2,11-12H2,1H3. The van der Waals surface area contributed by atoms with Gasteiger partial charge in [0.05, 0.1) is 12.1 Å². The van der Waals surface area contributed by atoms with Crippen LogP contribution in [0.4, 0.5) is 10.1 Å². The molecule has 6 nitrogen and oxygen atoms in total. The lowest BCUT2D eigenvalue weighted by Gasteiger charge is -2.06. The highest BCUT2D eigenvalue weighted by Crippen LogP contribution is 2.38. The third-order valence-electron chi connectivity index (χ3n) is 3.91. The highest BCUT2D eigenvalue weighted by Gasteiger charge is 2.16. The van der Waals surface area contributed by atoms with Crippen LogP contribution in [0.2, 0.25) is 0 Å². The Morgan fingerprint density at radius 3 is 2.65 bits per heavy atom. The molecule has 1 amide bonds. The summed E-state index contributed by atoms with van der Waals surface area (Å²) in [5, 5.41) is 18.8. The van der Waals surface area contributed by atoms with Gasteiger partial charge in [-0.15, -0.1) is 10.2 Å². The van der Waals surface area contributed by atoms with E-state index in [1.807, 2.05) is 25.1 Å². The number of hydrogen-bond donors (Lipinski definition) is 1. The van der Waals surface area contributed by atoms with Crippen molar-refractivity contribution in [1.29, 1.82) is 0 Å². The summed E-state index contributed by atoms with van der Waals surface area (Å²) in [6.07, 6.45) is 0. The Balaban J connectivity index is 1.93. The molecule has 134 valence electrons. The van der Waals surface area contributed by atoms with Gasteiger partial charge in [0, 0.05) is 24.1 Å². The van der Waals surface area contributed by atoms with Gasteiger partial charge in [0.1, 0.15) is 5.82 Å². The van der Waals surface area contributed by atoms with Crippen LogP contribution < -0.4 is 0 Å². The Kier molecular flexibility index (Phi) is 5.38. The van der Waals surface area contributed by atoms with E-state index in [0.717, 1.165) is 5.52 Å². The van der Waals surface area contributed by atoms with Crippen LogP contribution in [0, 0.1) is 5.82 Å². The van der Waals surface area contributed by atoms with Crippen LogP contribution in [0.5, 0.6) is 5.88 Å². The lowest BCUT2D eigenvalue weighted by atomic mass is 10.2.